The average Bonchev–Trinajstić information content (AvgIpc) is 2.95. The summed E-state index contributed by atoms with van der Waals surface area (Å²) >= 11 is 12.2. The fraction of sp³-hybridized carbons (Fsp3) is 0.154. The smallest absolute Gasteiger partial charge is 0.259 e. The molecule has 0 saturated carbocycles. The minimum Gasteiger partial charge on any atom is -0.357 e. The number of benzene rings is 3. The molecule has 5 rings (SSSR count). The van der Waals surface area contributed by atoms with Gasteiger partial charge in [0.15, 0.2) is 5.78 Å². The Kier molecular flexibility index (Phi) is 5.50. The van der Waals surface area contributed by atoms with Gasteiger partial charge >= 0.3 is 0 Å². The summed E-state index contributed by atoms with van der Waals surface area (Å²) in [4.78, 5) is 28.9. The van der Waals surface area contributed by atoms with Gasteiger partial charge in [-0.3, -0.25) is 14.5 Å². The van der Waals surface area contributed by atoms with Crippen LogP contribution >= 0.6 is 23.2 Å². The highest BCUT2D eigenvalue weighted by Crippen LogP contribution is 2.45. The van der Waals surface area contributed by atoms with E-state index in [9.17, 15) is 9.59 Å². The molecule has 3 aromatic rings. The summed E-state index contributed by atoms with van der Waals surface area (Å²) in [6.45, 7) is 0. The Bertz CT molecular complexity index is 1230. The SMILES string of the molecule is O=C1CCCC2=C1[C@H](c1ccc(Cl)cc1)N(C(=O)c1ccc(Cl)cc1)c1ccccc1N2. The molecule has 1 N–H and O–H groups in total. The second kappa shape index (κ2) is 8.45. The molecule has 3 aromatic carbocycles. The number of anilines is 2. The van der Waals surface area contributed by atoms with Crippen LogP contribution in [0.1, 0.15) is 41.2 Å². The zero-order valence-electron chi connectivity index (χ0n) is 17.1. The highest BCUT2D eigenvalue weighted by atomic mass is 35.5. The predicted molar refractivity (Wildman–Crippen MR) is 128 cm³/mol. The standard InChI is InChI=1S/C26H20Cl2N2O2/c27-18-12-8-16(9-13-18)25-24-21(5-3-7-23(24)31)29-20-4-1-2-6-22(20)30(25)26(32)17-10-14-19(28)15-11-17/h1-2,4,6,8-15,25,29H,3,5,7H2/t25-/m0/s1. The number of ketones is 1. The lowest BCUT2D eigenvalue weighted by molar-refractivity contribution is -0.116. The molecule has 0 saturated heterocycles. The van der Waals surface area contributed by atoms with E-state index in [1.54, 1.807) is 41.3 Å². The Morgan fingerprint density at radius 1 is 0.875 bits per heavy atom. The van der Waals surface area contributed by atoms with E-state index in [1.165, 1.54) is 0 Å². The summed E-state index contributed by atoms with van der Waals surface area (Å²) in [5.41, 5.74) is 4.36. The zero-order valence-corrected chi connectivity index (χ0v) is 18.7. The lowest BCUT2D eigenvalue weighted by atomic mass is 9.85. The molecule has 32 heavy (non-hydrogen) atoms. The van der Waals surface area contributed by atoms with Crippen molar-refractivity contribution in [1.82, 2.24) is 0 Å². The van der Waals surface area contributed by atoms with Crippen LogP contribution in [0.3, 0.4) is 0 Å². The first-order valence-electron chi connectivity index (χ1n) is 10.5. The number of carbonyl (C=O) groups excluding carboxylic acids is 2. The molecule has 6 heteroatoms. The topological polar surface area (TPSA) is 49.4 Å². The average molecular weight is 463 g/mol. The van der Waals surface area contributed by atoms with E-state index in [1.807, 2.05) is 36.4 Å². The number of carbonyl (C=O) groups is 2. The first-order chi connectivity index (χ1) is 15.5. The third-order valence-electron chi connectivity index (χ3n) is 5.93. The van der Waals surface area contributed by atoms with E-state index >= 15 is 0 Å². The van der Waals surface area contributed by atoms with Gasteiger partial charge in [0.1, 0.15) is 0 Å². The molecule has 0 spiro atoms. The van der Waals surface area contributed by atoms with Gasteiger partial charge in [0, 0.05) is 33.3 Å². The van der Waals surface area contributed by atoms with Crippen LogP contribution in [0.2, 0.25) is 10.0 Å². The van der Waals surface area contributed by atoms with Gasteiger partial charge < -0.3 is 5.32 Å². The number of hydrogen-bond donors (Lipinski definition) is 1. The Hall–Kier alpha value is -3.08. The van der Waals surface area contributed by atoms with E-state index in [4.69, 9.17) is 23.2 Å². The van der Waals surface area contributed by atoms with E-state index in [-0.39, 0.29) is 11.7 Å². The molecule has 1 amide bonds. The van der Waals surface area contributed by atoms with Crippen LogP contribution in [0.15, 0.2) is 84.1 Å². The molecular formula is C26H20Cl2N2O2. The first-order valence-corrected chi connectivity index (χ1v) is 11.3. The van der Waals surface area contributed by atoms with Gasteiger partial charge in [-0.1, -0.05) is 47.5 Å². The zero-order chi connectivity index (χ0) is 22.2. The van der Waals surface area contributed by atoms with Crippen molar-refractivity contribution >= 4 is 46.3 Å². The summed E-state index contributed by atoms with van der Waals surface area (Å²) in [7, 11) is 0. The van der Waals surface area contributed by atoms with E-state index in [0.29, 0.717) is 27.6 Å². The molecule has 0 aromatic heterocycles. The van der Waals surface area contributed by atoms with Crippen molar-refractivity contribution in [1.29, 1.82) is 0 Å². The van der Waals surface area contributed by atoms with Crippen LogP contribution in [0.25, 0.3) is 0 Å². The summed E-state index contributed by atoms with van der Waals surface area (Å²) in [5, 5.41) is 4.62. The number of allylic oxidation sites excluding steroid dienone is 1. The van der Waals surface area contributed by atoms with Gasteiger partial charge in [0.05, 0.1) is 17.4 Å². The summed E-state index contributed by atoms with van der Waals surface area (Å²) in [5.74, 6) is -0.150. The lowest BCUT2D eigenvalue weighted by Crippen LogP contribution is -2.38. The number of amides is 1. The minimum absolute atomic E-state index is 0.0559. The largest absolute Gasteiger partial charge is 0.357 e. The van der Waals surface area contributed by atoms with Crippen LogP contribution in [0.5, 0.6) is 0 Å². The maximum absolute atomic E-state index is 14.0. The second-order valence-corrected chi connectivity index (χ2v) is 8.82. The number of halogens is 2. The van der Waals surface area contributed by atoms with Gasteiger partial charge in [-0.25, -0.2) is 0 Å². The molecule has 160 valence electrons. The number of para-hydroxylation sites is 2. The highest BCUT2D eigenvalue weighted by molar-refractivity contribution is 6.31. The van der Waals surface area contributed by atoms with Crippen LogP contribution in [0.4, 0.5) is 11.4 Å². The molecule has 2 aliphatic rings. The Labute approximate surface area is 196 Å². The third kappa shape index (κ3) is 3.70. The normalized spacial score (nSPS) is 17.9. The van der Waals surface area contributed by atoms with Crippen molar-refractivity contribution in [2.45, 2.75) is 25.3 Å². The summed E-state index contributed by atoms with van der Waals surface area (Å²) in [6, 6.07) is 21.3. The fourth-order valence-corrected chi connectivity index (χ4v) is 4.70. The van der Waals surface area contributed by atoms with Gasteiger partial charge in [0.2, 0.25) is 0 Å². The highest BCUT2D eigenvalue weighted by Gasteiger charge is 2.39. The summed E-state index contributed by atoms with van der Waals surface area (Å²) in [6.07, 6.45) is 2.00. The van der Waals surface area contributed by atoms with E-state index < -0.39 is 6.04 Å². The monoisotopic (exact) mass is 462 g/mol. The summed E-state index contributed by atoms with van der Waals surface area (Å²) < 4.78 is 0. The van der Waals surface area contributed by atoms with Crippen LogP contribution in [0, 0.1) is 0 Å². The molecule has 1 atom stereocenters. The third-order valence-corrected chi connectivity index (χ3v) is 6.44. The fourth-order valence-electron chi connectivity index (χ4n) is 4.45. The van der Waals surface area contributed by atoms with Crippen molar-refractivity contribution in [3.05, 3.63) is 105 Å². The van der Waals surface area contributed by atoms with E-state index in [0.717, 1.165) is 35.5 Å². The quantitative estimate of drug-likeness (QED) is 0.454. The number of nitrogens with zero attached hydrogens (tertiary/aromatic N) is 1. The van der Waals surface area contributed by atoms with Crippen LogP contribution < -0.4 is 10.2 Å². The van der Waals surface area contributed by atoms with Gasteiger partial charge in [-0.2, -0.15) is 0 Å². The van der Waals surface area contributed by atoms with Crippen molar-refractivity contribution in [3.63, 3.8) is 0 Å². The molecule has 1 heterocycles. The Morgan fingerprint density at radius 2 is 1.53 bits per heavy atom. The van der Waals surface area contributed by atoms with E-state index in [2.05, 4.69) is 5.32 Å². The number of nitrogens with one attached hydrogen (secondary N) is 1. The predicted octanol–water partition coefficient (Wildman–Crippen LogP) is 6.81. The van der Waals surface area contributed by atoms with Crippen molar-refractivity contribution in [2.75, 3.05) is 10.2 Å². The second-order valence-electron chi connectivity index (χ2n) is 7.95. The number of rotatable bonds is 2. The number of Topliss-reactive ketones (excluding diaryl/α,β-unsaturated/α-hetero) is 1. The molecule has 1 aliphatic heterocycles. The number of hydrogen-bond acceptors (Lipinski definition) is 3. The minimum atomic E-state index is -0.575. The maximum atomic E-state index is 14.0. The van der Waals surface area contributed by atoms with Crippen molar-refractivity contribution in [3.8, 4) is 0 Å². The molecule has 0 bridgehead atoms. The molecular weight excluding hydrogens is 443 g/mol. The van der Waals surface area contributed by atoms with Gasteiger partial charge in [0.25, 0.3) is 5.91 Å². The van der Waals surface area contributed by atoms with Crippen LogP contribution in [-0.4, -0.2) is 11.7 Å². The lowest BCUT2D eigenvalue weighted by Gasteiger charge is -2.34. The number of fused-ring (bicyclic) bond motifs is 1. The van der Waals surface area contributed by atoms with Gasteiger partial charge in [-0.05, 0) is 66.9 Å². The van der Waals surface area contributed by atoms with Crippen molar-refractivity contribution < 1.29 is 9.59 Å². The molecule has 0 radical (unpaired) electrons. The van der Waals surface area contributed by atoms with Crippen molar-refractivity contribution in [2.24, 2.45) is 0 Å². The molecule has 0 unspecified atom stereocenters. The van der Waals surface area contributed by atoms with Crippen LogP contribution in [-0.2, 0) is 4.79 Å². The molecule has 1 aliphatic carbocycles. The Morgan fingerprint density at radius 3 is 2.25 bits per heavy atom. The Balaban J connectivity index is 1.77. The molecule has 0 fully saturated rings. The maximum Gasteiger partial charge on any atom is 0.259 e. The first kappa shape index (κ1) is 20.8. The molecule has 4 nitrogen and oxygen atoms in total. The van der Waals surface area contributed by atoms with Gasteiger partial charge in [-0.15, -0.1) is 0 Å².